The highest BCUT2D eigenvalue weighted by Gasteiger charge is 2.21. The molecule has 18 rings (SSSR count). The Labute approximate surface area is 695 Å². The van der Waals surface area contributed by atoms with Gasteiger partial charge in [0.25, 0.3) is 0 Å². The van der Waals surface area contributed by atoms with Crippen LogP contribution in [0.5, 0.6) is 0 Å². The number of anilines is 4. The summed E-state index contributed by atoms with van der Waals surface area (Å²) in [7, 11) is 0. The molecular formula is C92H108Cl2N18O5. The molecule has 4 aromatic carbocycles. The number of nitrogens with zero attached hydrogens (tertiary/aromatic N) is 9. The van der Waals surface area contributed by atoms with Crippen LogP contribution in [0.2, 0.25) is 0 Å². The van der Waals surface area contributed by atoms with Gasteiger partial charge in [0, 0.05) is 176 Å². The van der Waals surface area contributed by atoms with Gasteiger partial charge in [-0.3, -0.25) is 64.0 Å². The number of amides is 3. The van der Waals surface area contributed by atoms with E-state index in [9.17, 15) is 19.2 Å². The second kappa shape index (κ2) is 49.3. The molecule has 0 fully saturated rings. The lowest BCUT2D eigenvalue weighted by atomic mass is 9.90. The number of benzene rings is 4. The highest BCUT2D eigenvalue weighted by molar-refractivity contribution is 6.40. The zero-order valence-electron chi connectivity index (χ0n) is 67.2. The summed E-state index contributed by atoms with van der Waals surface area (Å²) >= 11 is 9.53. The molecule has 15 N–H and O–H groups in total. The highest BCUT2D eigenvalue weighted by atomic mass is 35.5. The molecule has 0 aliphatic heterocycles. The SMILES string of the molecule is CC(=O)Nc1cccc2cccnc12.CC(=O)Nc1cccc2cnccc12.CC(=O)Nc1cccc2ncccc12.CCOC(C)=O.ClCCl.NC1CCCc2cccnc21.NC1CCCc2cccnc21.NC1CCCc2cnccc21.NC1CCCc2cnccc21.NC1CCCc2ncccc21.Nc1cccc2ncccc12. The number of fused-ring (bicyclic) bond motifs is 9. The predicted molar refractivity (Wildman–Crippen MR) is 474 cm³/mol. The summed E-state index contributed by atoms with van der Waals surface area (Å²) in [6, 6.07) is 53.7. The van der Waals surface area contributed by atoms with Crippen LogP contribution in [0.1, 0.15) is 185 Å². The van der Waals surface area contributed by atoms with Crippen LogP contribution in [-0.2, 0) is 56.0 Å². The van der Waals surface area contributed by atoms with Crippen LogP contribution in [0.3, 0.4) is 0 Å². The molecule has 0 saturated heterocycles. The maximum absolute atomic E-state index is 10.9. The summed E-state index contributed by atoms with van der Waals surface area (Å²) in [5, 5.41) is 13.5. The summed E-state index contributed by atoms with van der Waals surface area (Å²) in [4.78, 5) is 80.2. The van der Waals surface area contributed by atoms with Crippen molar-refractivity contribution in [3.8, 4) is 0 Å². The normalized spacial score (nSPS) is 15.8. The van der Waals surface area contributed by atoms with Crippen LogP contribution in [0.4, 0.5) is 22.7 Å². The number of hydrogen-bond acceptors (Lipinski definition) is 20. The first-order chi connectivity index (χ1) is 56.8. The van der Waals surface area contributed by atoms with Crippen LogP contribution in [-0.4, -0.2) is 80.5 Å². The molecule has 0 saturated carbocycles. The van der Waals surface area contributed by atoms with Crippen molar-refractivity contribution in [2.75, 3.05) is 33.6 Å². The number of carbonyl (C=O) groups excluding carboxylic acids is 4. The standard InChI is InChI=1S/3C11H10N2O.C9H12N2.C9H8N2.4C9H12N2.C4H8O2.CH2Cl2/c1-8(14)13-11-6-2-5-10-9(11)4-3-7-12-10;1-8(14)13-10-6-2-4-9-5-3-7-12-11(9)10;1-8(14)13-11-4-2-3-9-7-12-6-5-10(9)11;2*10-8-4-1-5-9-7(8)3-2-6-11-9;2*10-8-5-1-3-7-4-2-6-11-9(7)8;2*10-9-3-1-2-7-6-11-5-4-8(7)9;1-3-6-4(2)5;2-1-3/h3*2-7H,1H3,(H,13,14);2-3,6,8H,1,4-5,10H2;1-6H,10H2;2*2,4,6,8H,1,3,5,10H2;2*4-6,9H,1-3,10H2;3H2,1-2H3;1H2. The summed E-state index contributed by atoms with van der Waals surface area (Å²) in [5.74, 6) is -0.420. The quantitative estimate of drug-likeness (QED) is 0.0449. The van der Waals surface area contributed by atoms with Crippen molar-refractivity contribution in [3.05, 3.63) is 294 Å². The van der Waals surface area contributed by atoms with Crippen molar-refractivity contribution < 1.29 is 23.9 Å². The van der Waals surface area contributed by atoms with E-state index < -0.39 is 0 Å². The third-order valence-electron chi connectivity index (χ3n) is 19.3. The van der Waals surface area contributed by atoms with Crippen LogP contribution in [0.15, 0.2) is 238 Å². The first-order valence-electron chi connectivity index (χ1n) is 39.4. The number of nitrogen functional groups attached to an aromatic ring is 1. The molecule has 5 aliphatic rings. The number of aryl methyl sites for hydroxylation is 5. The second-order valence-corrected chi connectivity index (χ2v) is 28.7. The van der Waals surface area contributed by atoms with Crippen LogP contribution in [0.25, 0.3) is 43.5 Å². The number of rotatable bonds is 4. The average molecular weight is 1620 g/mol. The molecule has 25 heteroatoms. The lowest BCUT2D eigenvalue weighted by molar-refractivity contribution is -0.140. The van der Waals surface area contributed by atoms with Gasteiger partial charge in [0.2, 0.25) is 17.7 Å². The van der Waals surface area contributed by atoms with Gasteiger partial charge in [-0.1, -0.05) is 60.7 Å². The molecular weight excluding hydrogens is 1510 g/mol. The van der Waals surface area contributed by atoms with E-state index >= 15 is 0 Å². The predicted octanol–water partition coefficient (Wildman–Crippen LogP) is 17.5. The van der Waals surface area contributed by atoms with E-state index in [1.54, 1.807) is 37.9 Å². The number of aromatic nitrogens is 9. The van der Waals surface area contributed by atoms with Crippen molar-refractivity contribution in [2.45, 2.75) is 161 Å². The molecule has 0 bridgehead atoms. The van der Waals surface area contributed by atoms with E-state index in [0.29, 0.717) is 6.61 Å². The summed E-state index contributed by atoms with van der Waals surface area (Å²) < 4.78 is 4.40. The van der Waals surface area contributed by atoms with E-state index in [0.717, 1.165) is 142 Å². The average Bonchev–Trinajstić information content (AvgIpc) is 0.830. The maximum atomic E-state index is 10.9. The smallest absolute Gasteiger partial charge is 0.302 e. The Hall–Kier alpha value is -11.7. The van der Waals surface area contributed by atoms with Crippen LogP contribution in [0, 0.1) is 0 Å². The molecule has 0 spiro atoms. The van der Waals surface area contributed by atoms with Gasteiger partial charge in [0.15, 0.2) is 0 Å². The second-order valence-electron chi connectivity index (χ2n) is 27.9. The number of ether oxygens (including phenoxy) is 1. The topological polar surface area (TPSA) is 386 Å². The van der Waals surface area contributed by atoms with E-state index in [-0.39, 0.29) is 59.2 Å². The number of halogens is 2. The molecule has 3 amide bonds. The largest absolute Gasteiger partial charge is 0.466 e. The van der Waals surface area contributed by atoms with E-state index in [4.69, 9.17) is 57.6 Å². The Morgan fingerprint density at radius 2 is 0.786 bits per heavy atom. The number of hydrogen-bond donors (Lipinski definition) is 9. The highest BCUT2D eigenvalue weighted by Crippen LogP contribution is 2.31. The Bertz CT molecular complexity index is 4720. The number of esters is 1. The van der Waals surface area contributed by atoms with E-state index in [1.165, 1.54) is 104 Å². The van der Waals surface area contributed by atoms with Gasteiger partial charge in [-0.25, -0.2) is 0 Å². The lowest BCUT2D eigenvalue weighted by Gasteiger charge is -2.20. The molecule has 13 aromatic rings. The molecule has 610 valence electrons. The number of nitrogens with two attached hydrogens (primary N) is 6. The monoisotopic (exact) mass is 1610 g/mol. The number of nitrogens with one attached hydrogen (secondary N) is 3. The van der Waals surface area contributed by atoms with Gasteiger partial charge in [-0.15, -0.1) is 23.2 Å². The third-order valence-corrected chi connectivity index (χ3v) is 19.3. The van der Waals surface area contributed by atoms with Crippen LogP contribution >= 0.6 is 23.2 Å². The van der Waals surface area contributed by atoms with Crippen molar-refractivity contribution in [2.24, 2.45) is 28.7 Å². The minimum Gasteiger partial charge on any atom is -0.466 e. The Morgan fingerprint density at radius 3 is 1.30 bits per heavy atom. The van der Waals surface area contributed by atoms with Gasteiger partial charge in [0.05, 0.1) is 51.3 Å². The lowest BCUT2D eigenvalue weighted by Crippen LogP contribution is -2.18. The fourth-order valence-electron chi connectivity index (χ4n) is 13.8. The Kier molecular flexibility index (Phi) is 38.3. The molecule has 5 unspecified atom stereocenters. The minimum absolute atomic E-state index is 0.0608. The Morgan fingerprint density at radius 1 is 0.385 bits per heavy atom. The van der Waals surface area contributed by atoms with E-state index in [2.05, 4.69) is 83.7 Å². The number of pyridine rings is 9. The first-order valence-corrected chi connectivity index (χ1v) is 40.5. The van der Waals surface area contributed by atoms with Crippen molar-refractivity contribution >= 4 is 113 Å². The fraction of sp³-hybridized carbons (Fsp3) is 0.293. The van der Waals surface area contributed by atoms with Gasteiger partial charge < -0.3 is 55.1 Å². The van der Waals surface area contributed by atoms with Crippen LogP contribution < -0.4 is 50.4 Å². The third kappa shape index (κ3) is 29.5. The van der Waals surface area contributed by atoms with Gasteiger partial charge in [-0.05, 0) is 245 Å². The molecule has 9 heterocycles. The Balaban J connectivity index is 0.000000162. The van der Waals surface area contributed by atoms with E-state index in [1.807, 2.05) is 189 Å². The number of carbonyl (C=O) groups is 4. The molecule has 5 atom stereocenters. The van der Waals surface area contributed by atoms with Crippen molar-refractivity contribution in [1.29, 1.82) is 0 Å². The molecule has 117 heavy (non-hydrogen) atoms. The number of para-hydroxylation sites is 1. The maximum Gasteiger partial charge on any atom is 0.302 e. The van der Waals surface area contributed by atoms with Crippen molar-refractivity contribution in [3.63, 3.8) is 0 Å². The summed E-state index contributed by atoms with van der Waals surface area (Å²) in [6.45, 7) is 8.14. The molecule has 23 nitrogen and oxygen atoms in total. The van der Waals surface area contributed by atoms with Gasteiger partial charge in [-0.2, -0.15) is 0 Å². The first kappa shape index (κ1) is 90.9. The van der Waals surface area contributed by atoms with Gasteiger partial charge >= 0.3 is 5.97 Å². The fourth-order valence-corrected chi connectivity index (χ4v) is 13.8. The molecule has 5 aliphatic carbocycles. The summed E-state index contributed by atoms with van der Waals surface area (Å²) in [6.07, 6.45) is 39.0. The number of alkyl halides is 2. The summed E-state index contributed by atoms with van der Waals surface area (Å²) in [5.41, 5.74) is 53.7. The van der Waals surface area contributed by atoms with Crippen molar-refractivity contribution in [1.82, 2.24) is 44.9 Å². The van der Waals surface area contributed by atoms with Gasteiger partial charge in [0.1, 0.15) is 0 Å². The zero-order valence-corrected chi connectivity index (χ0v) is 68.7. The molecule has 0 radical (unpaired) electrons. The minimum atomic E-state index is -0.211. The molecule has 9 aromatic heterocycles. The zero-order chi connectivity index (χ0) is 83.7.